The van der Waals surface area contributed by atoms with Crippen LogP contribution in [0.5, 0.6) is 0 Å². The normalized spacial score (nSPS) is 17.9. The van der Waals surface area contributed by atoms with Crippen LogP contribution in [0.15, 0.2) is 48.5 Å². The number of rotatable bonds is 9. The average molecular weight is 501 g/mol. The van der Waals surface area contributed by atoms with Crippen molar-refractivity contribution in [2.75, 3.05) is 31.2 Å². The predicted molar refractivity (Wildman–Crippen MR) is 129 cm³/mol. The van der Waals surface area contributed by atoms with Crippen LogP contribution in [0, 0.1) is 0 Å². The zero-order valence-corrected chi connectivity index (χ0v) is 20.0. The zero-order chi connectivity index (χ0) is 25.0. The first kappa shape index (κ1) is 24.7. The van der Waals surface area contributed by atoms with Crippen LogP contribution in [-0.2, 0) is 24.2 Å². The second kappa shape index (κ2) is 10.5. The number of ether oxygens (including phenoxy) is 1. The lowest BCUT2D eigenvalue weighted by molar-refractivity contribution is -0.145. The molecule has 1 aliphatic heterocycles. The SMILES string of the molecule is O=C(O)CN(C(=O)CCCNC(=O)OCC1c2ccccc2-c2ccccc21)C1CCS(=O)(=O)C1. The Morgan fingerprint density at radius 1 is 1.03 bits per heavy atom. The molecule has 1 fully saturated rings. The van der Waals surface area contributed by atoms with Gasteiger partial charge in [0.15, 0.2) is 9.84 Å². The van der Waals surface area contributed by atoms with Gasteiger partial charge >= 0.3 is 12.1 Å². The lowest BCUT2D eigenvalue weighted by atomic mass is 9.98. The number of aliphatic carboxylic acids is 1. The van der Waals surface area contributed by atoms with Crippen molar-refractivity contribution in [2.24, 2.45) is 0 Å². The van der Waals surface area contributed by atoms with Crippen LogP contribution < -0.4 is 5.32 Å². The maximum Gasteiger partial charge on any atom is 0.407 e. The number of benzene rings is 2. The van der Waals surface area contributed by atoms with Crippen molar-refractivity contribution >= 4 is 27.8 Å². The predicted octanol–water partition coefficient (Wildman–Crippen LogP) is 2.41. The highest BCUT2D eigenvalue weighted by atomic mass is 32.2. The molecule has 2 aromatic carbocycles. The van der Waals surface area contributed by atoms with Crippen LogP contribution in [-0.4, -0.2) is 73.6 Å². The van der Waals surface area contributed by atoms with Crippen molar-refractivity contribution in [3.63, 3.8) is 0 Å². The van der Waals surface area contributed by atoms with Crippen molar-refractivity contribution in [3.8, 4) is 11.1 Å². The lowest BCUT2D eigenvalue weighted by Gasteiger charge is -2.26. The summed E-state index contributed by atoms with van der Waals surface area (Å²) >= 11 is 0. The highest BCUT2D eigenvalue weighted by Crippen LogP contribution is 2.44. The molecule has 4 rings (SSSR count). The van der Waals surface area contributed by atoms with Crippen LogP contribution in [0.3, 0.4) is 0 Å². The summed E-state index contributed by atoms with van der Waals surface area (Å²) in [5, 5.41) is 11.8. The molecule has 2 aliphatic rings. The van der Waals surface area contributed by atoms with Crippen molar-refractivity contribution in [2.45, 2.75) is 31.2 Å². The van der Waals surface area contributed by atoms with E-state index in [1.54, 1.807) is 0 Å². The number of carboxylic acids is 1. The minimum atomic E-state index is -3.26. The molecule has 1 saturated heterocycles. The number of alkyl carbamates (subject to hydrolysis) is 1. The summed E-state index contributed by atoms with van der Waals surface area (Å²) in [6.07, 6.45) is -0.0885. The van der Waals surface area contributed by atoms with E-state index in [2.05, 4.69) is 17.4 Å². The van der Waals surface area contributed by atoms with E-state index in [4.69, 9.17) is 9.84 Å². The molecule has 1 heterocycles. The Hall–Kier alpha value is -3.40. The Balaban J connectivity index is 1.25. The van der Waals surface area contributed by atoms with E-state index in [9.17, 15) is 22.8 Å². The largest absolute Gasteiger partial charge is 0.480 e. The first-order chi connectivity index (χ1) is 16.7. The van der Waals surface area contributed by atoms with Crippen LogP contribution in [0.25, 0.3) is 11.1 Å². The van der Waals surface area contributed by atoms with Crippen molar-refractivity contribution in [1.29, 1.82) is 0 Å². The van der Waals surface area contributed by atoms with Crippen LogP contribution in [0.1, 0.15) is 36.3 Å². The summed E-state index contributed by atoms with van der Waals surface area (Å²) in [5.41, 5.74) is 4.49. The quantitative estimate of drug-likeness (QED) is 0.506. The van der Waals surface area contributed by atoms with Gasteiger partial charge in [0, 0.05) is 24.9 Å². The number of amides is 2. The van der Waals surface area contributed by atoms with Gasteiger partial charge in [-0.15, -0.1) is 0 Å². The van der Waals surface area contributed by atoms with Crippen LogP contribution in [0.4, 0.5) is 4.79 Å². The number of nitrogens with zero attached hydrogens (tertiary/aromatic N) is 1. The van der Waals surface area contributed by atoms with Gasteiger partial charge in [0.05, 0.1) is 11.5 Å². The number of fused-ring (bicyclic) bond motifs is 3. The molecule has 0 bridgehead atoms. The summed E-state index contributed by atoms with van der Waals surface area (Å²) in [6, 6.07) is 15.4. The maximum absolute atomic E-state index is 12.6. The number of hydrogen-bond donors (Lipinski definition) is 2. The van der Waals surface area contributed by atoms with Crippen LogP contribution >= 0.6 is 0 Å². The van der Waals surface area contributed by atoms with Crippen molar-refractivity contribution < 1.29 is 32.6 Å². The fraction of sp³-hybridized carbons (Fsp3) is 0.400. The van der Waals surface area contributed by atoms with Gasteiger partial charge in [-0.05, 0) is 35.1 Å². The molecular formula is C25H28N2O7S. The summed E-state index contributed by atoms with van der Waals surface area (Å²) in [6.45, 7) is -0.188. The fourth-order valence-electron chi connectivity index (χ4n) is 4.81. The number of nitrogens with one attached hydrogen (secondary N) is 1. The van der Waals surface area contributed by atoms with E-state index < -0.39 is 40.4 Å². The van der Waals surface area contributed by atoms with E-state index in [-0.39, 0.29) is 49.8 Å². The first-order valence-electron chi connectivity index (χ1n) is 11.6. The summed E-state index contributed by atoms with van der Waals surface area (Å²) in [7, 11) is -3.26. The minimum absolute atomic E-state index is 0.00646. The Morgan fingerprint density at radius 3 is 2.23 bits per heavy atom. The van der Waals surface area contributed by atoms with E-state index in [1.807, 2.05) is 36.4 Å². The maximum atomic E-state index is 12.6. The van der Waals surface area contributed by atoms with E-state index in [0.717, 1.165) is 27.2 Å². The Labute approximate surface area is 204 Å². The van der Waals surface area contributed by atoms with E-state index in [0.29, 0.717) is 0 Å². The third-order valence-corrected chi connectivity index (χ3v) is 8.21. The monoisotopic (exact) mass is 500 g/mol. The third kappa shape index (κ3) is 5.82. The third-order valence-electron chi connectivity index (χ3n) is 6.46. The van der Waals surface area contributed by atoms with E-state index >= 15 is 0 Å². The van der Waals surface area contributed by atoms with Gasteiger partial charge < -0.3 is 20.1 Å². The molecule has 1 aliphatic carbocycles. The second-order valence-corrected chi connectivity index (χ2v) is 11.1. The molecule has 2 N–H and O–H groups in total. The summed E-state index contributed by atoms with van der Waals surface area (Å²) in [5.74, 6) is -1.96. The number of carbonyl (C=O) groups is 3. The van der Waals surface area contributed by atoms with Gasteiger partial charge in [0.2, 0.25) is 5.91 Å². The molecule has 1 atom stereocenters. The lowest BCUT2D eigenvalue weighted by Crippen LogP contribution is -2.44. The summed E-state index contributed by atoms with van der Waals surface area (Å²) in [4.78, 5) is 37.1. The zero-order valence-electron chi connectivity index (χ0n) is 19.2. The number of carbonyl (C=O) groups excluding carboxylic acids is 2. The molecule has 2 aromatic rings. The molecular weight excluding hydrogens is 472 g/mol. The van der Waals surface area contributed by atoms with Crippen molar-refractivity contribution in [3.05, 3.63) is 59.7 Å². The number of carboxylic acid groups (broad SMARTS) is 1. The molecule has 35 heavy (non-hydrogen) atoms. The van der Waals surface area contributed by atoms with E-state index in [1.165, 1.54) is 0 Å². The standard InChI is InChI=1S/C25H28N2O7S/c28-23(27(14-24(29)30)17-11-13-35(32,33)16-17)10-5-12-26-25(31)34-15-22-20-8-3-1-6-18(20)19-7-2-4-9-21(19)22/h1-4,6-9,17,22H,5,10-16H2,(H,26,31)(H,29,30). The summed E-state index contributed by atoms with van der Waals surface area (Å²) < 4.78 is 28.9. The van der Waals surface area contributed by atoms with Crippen molar-refractivity contribution in [1.82, 2.24) is 10.2 Å². The molecule has 0 spiro atoms. The van der Waals surface area contributed by atoms with Crippen LogP contribution in [0.2, 0.25) is 0 Å². The molecule has 10 heteroatoms. The topological polar surface area (TPSA) is 130 Å². The van der Waals surface area contributed by atoms with Gasteiger partial charge in [0.1, 0.15) is 13.2 Å². The van der Waals surface area contributed by atoms with Gasteiger partial charge in [-0.3, -0.25) is 9.59 Å². The molecule has 0 saturated carbocycles. The highest BCUT2D eigenvalue weighted by Gasteiger charge is 2.35. The van der Waals surface area contributed by atoms with Gasteiger partial charge in [-0.25, -0.2) is 13.2 Å². The Kier molecular flexibility index (Phi) is 7.39. The first-order valence-corrected chi connectivity index (χ1v) is 13.4. The molecule has 2 amide bonds. The smallest absolute Gasteiger partial charge is 0.407 e. The minimum Gasteiger partial charge on any atom is -0.480 e. The molecule has 0 aromatic heterocycles. The molecule has 1 unspecified atom stereocenters. The Bertz CT molecular complexity index is 1180. The highest BCUT2D eigenvalue weighted by molar-refractivity contribution is 7.91. The molecule has 0 radical (unpaired) electrons. The fourth-order valence-corrected chi connectivity index (χ4v) is 6.54. The Morgan fingerprint density at radius 2 is 1.66 bits per heavy atom. The second-order valence-electron chi connectivity index (χ2n) is 8.83. The molecule has 9 nitrogen and oxygen atoms in total. The number of sulfone groups is 1. The average Bonchev–Trinajstić information content (AvgIpc) is 3.35. The number of hydrogen-bond acceptors (Lipinski definition) is 6. The van der Waals surface area contributed by atoms with Gasteiger partial charge in [0.25, 0.3) is 0 Å². The van der Waals surface area contributed by atoms with Gasteiger partial charge in [-0.2, -0.15) is 0 Å². The molecule has 186 valence electrons. The van der Waals surface area contributed by atoms with Gasteiger partial charge in [-0.1, -0.05) is 48.5 Å².